The largest absolute Gasteiger partial charge is 0.445 e. The van der Waals surface area contributed by atoms with E-state index < -0.39 is 12.1 Å². The molecule has 1 atom stereocenters. The summed E-state index contributed by atoms with van der Waals surface area (Å²) in [5.74, 6) is -0.297. The Morgan fingerprint density at radius 3 is 2.41 bits per heavy atom. The van der Waals surface area contributed by atoms with Crippen molar-refractivity contribution in [2.75, 3.05) is 5.32 Å². The van der Waals surface area contributed by atoms with Crippen LogP contribution < -0.4 is 10.6 Å². The summed E-state index contributed by atoms with van der Waals surface area (Å²) in [6.07, 6.45) is 1.56. The van der Waals surface area contributed by atoms with Crippen molar-refractivity contribution in [1.82, 2.24) is 10.3 Å². The van der Waals surface area contributed by atoms with Crippen molar-refractivity contribution in [3.63, 3.8) is 0 Å². The number of halogens is 1. The summed E-state index contributed by atoms with van der Waals surface area (Å²) in [4.78, 5) is 29.2. The normalized spacial score (nSPS) is 11.7. The molecule has 174 valence electrons. The number of aromatic amines is 1. The minimum Gasteiger partial charge on any atom is -0.445 e. The van der Waals surface area contributed by atoms with Crippen LogP contribution >= 0.6 is 22.6 Å². The fourth-order valence-electron chi connectivity index (χ4n) is 3.95. The summed E-state index contributed by atoms with van der Waals surface area (Å²) < 4.78 is 6.49. The van der Waals surface area contributed by atoms with Crippen molar-refractivity contribution in [3.8, 4) is 0 Å². The van der Waals surface area contributed by atoms with Crippen LogP contribution in [0.25, 0.3) is 10.9 Å². The van der Waals surface area contributed by atoms with Crippen molar-refractivity contribution in [2.24, 2.45) is 0 Å². The Bertz CT molecular complexity index is 1290. The van der Waals surface area contributed by atoms with E-state index in [9.17, 15) is 9.59 Å². The number of H-pyrrole nitrogens is 1. The summed E-state index contributed by atoms with van der Waals surface area (Å²) in [6.45, 7) is 4.05. The van der Waals surface area contributed by atoms with Crippen LogP contribution in [0.5, 0.6) is 0 Å². The van der Waals surface area contributed by atoms with Gasteiger partial charge in [0.05, 0.1) is 0 Å². The average molecular weight is 567 g/mol. The molecule has 4 aromatic rings. The minimum absolute atomic E-state index is 0.128. The Hall–Kier alpha value is -3.33. The number of aromatic nitrogens is 1. The number of amides is 2. The molecule has 0 bridgehead atoms. The van der Waals surface area contributed by atoms with Gasteiger partial charge in [-0.3, -0.25) is 4.79 Å². The van der Waals surface area contributed by atoms with Crippen molar-refractivity contribution < 1.29 is 14.3 Å². The Morgan fingerprint density at radius 2 is 1.68 bits per heavy atom. The molecule has 3 aromatic carbocycles. The zero-order valence-electron chi connectivity index (χ0n) is 19.0. The van der Waals surface area contributed by atoms with Crippen LogP contribution in [0, 0.1) is 17.4 Å². The number of hydrogen-bond donors (Lipinski definition) is 3. The number of aryl methyl sites for hydroxylation is 2. The molecule has 4 rings (SSSR count). The SMILES string of the molecule is Cc1cc(I)cc(C)c1NC(=O)[C@H](Cc1c[nH]c2ccccc12)NC(=O)OCc1ccccc1. The maximum absolute atomic E-state index is 13.4. The highest BCUT2D eigenvalue weighted by atomic mass is 127. The number of alkyl carbamates (subject to hydrolysis) is 1. The molecule has 2 amide bonds. The average Bonchev–Trinajstić information content (AvgIpc) is 3.23. The van der Waals surface area contributed by atoms with E-state index in [2.05, 4.69) is 38.2 Å². The van der Waals surface area contributed by atoms with Gasteiger partial charge in [0, 0.05) is 32.8 Å². The standard InChI is InChI=1S/C27H26IN3O3/c1-17-12-21(28)13-18(2)25(17)31-26(32)24(14-20-15-29-23-11-7-6-10-22(20)23)30-27(33)34-16-19-8-4-3-5-9-19/h3-13,15,24,29H,14,16H2,1-2H3,(H,30,33)(H,31,32)/t24-/m0/s1. The van der Waals surface area contributed by atoms with Crippen molar-refractivity contribution in [2.45, 2.75) is 32.9 Å². The minimum atomic E-state index is -0.819. The maximum atomic E-state index is 13.4. The quantitative estimate of drug-likeness (QED) is 0.245. The monoisotopic (exact) mass is 567 g/mol. The van der Waals surface area contributed by atoms with E-state index in [1.165, 1.54) is 0 Å². The van der Waals surface area contributed by atoms with Gasteiger partial charge in [-0.15, -0.1) is 0 Å². The van der Waals surface area contributed by atoms with Crippen LogP contribution in [0.3, 0.4) is 0 Å². The van der Waals surface area contributed by atoms with E-state index in [1.54, 1.807) is 0 Å². The third kappa shape index (κ3) is 5.77. The predicted octanol–water partition coefficient (Wildman–Crippen LogP) is 5.87. The first-order valence-electron chi connectivity index (χ1n) is 11.0. The fourth-order valence-corrected chi connectivity index (χ4v) is 4.89. The first-order valence-corrected chi connectivity index (χ1v) is 12.1. The van der Waals surface area contributed by atoms with Gasteiger partial charge in [0.2, 0.25) is 5.91 Å². The molecule has 0 unspecified atom stereocenters. The van der Waals surface area contributed by atoms with Gasteiger partial charge in [-0.05, 0) is 76.9 Å². The highest BCUT2D eigenvalue weighted by Crippen LogP contribution is 2.24. The summed E-state index contributed by atoms with van der Waals surface area (Å²) in [5.41, 5.74) is 5.49. The second kappa shape index (κ2) is 10.7. The van der Waals surface area contributed by atoms with Gasteiger partial charge < -0.3 is 20.4 Å². The second-order valence-corrected chi connectivity index (χ2v) is 9.47. The van der Waals surface area contributed by atoms with Gasteiger partial charge in [0.15, 0.2) is 0 Å². The smallest absolute Gasteiger partial charge is 0.408 e. The molecule has 6 nitrogen and oxygen atoms in total. The molecule has 0 aliphatic rings. The number of carbonyl (C=O) groups is 2. The Kier molecular flexibility index (Phi) is 7.52. The van der Waals surface area contributed by atoms with E-state index in [-0.39, 0.29) is 12.5 Å². The molecule has 0 spiro atoms. The summed E-state index contributed by atoms with van der Waals surface area (Å²) in [7, 11) is 0. The molecule has 0 fully saturated rings. The number of anilines is 1. The van der Waals surface area contributed by atoms with E-state index in [0.717, 1.165) is 42.4 Å². The number of fused-ring (bicyclic) bond motifs is 1. The van der Waals surface area contributed by atoms with Crippen molar-refractivity contribution >= 4 is 51.2 Å². The summed E-state index contributed by atoms with van der Waals surface area (Å²) in [6, 6.07) is 20.5. The molecule has 0 saturated carbocycles. The third-order valence-corrected chi connectivity index (χ3v) is 6.29. The number of para-hydroxylation sites is 1. The van der Waals surface area contributed by atoms with Crippen LogP contribution in [-0.4, -0.2) is 23.0 Å². The lowest BCUT2D eigenvalue weighted by Crippen LogP contribution is -2.45. The topological polar surface area (TPSA) is 83.2 Å². The highest BCUT2D eigenvalue weighted by Gasteiger charge is 2.24. The Balaban J connectivity index is 1.54. The van der Waals surface area contributed by atoms with Gasteiger partial charge in [-0.25, -0.2) is 4.79 Å². The van der Waals surface area contributed by atoms with Gasteiger partial charge in [-0.1, -0.05) is 48.5 Å². The third-order valence-electron chi connectivity index (χ3n) is 5.67. The second-order valence-electron chi connectivity index (χ2n) is 8.23. The number of rotatable bonds is 7. The lowest BCUT2D eigenvalue weighted by atomic mass is 10.0. The zero-order chi connectivity index (χ0) is 24.1. The predicted molar refractivity (Wildman–Crippen MR) is 143 cm³/mol. The fraction of sp³-hybridized carbons (Fsp3) is 0.185. The van der Waals surface area contributed by atoms with E-state index in [4.69, 9.17) is 4.74 Å². The molecule has 3 N–H and O–H groups in total. The van der Waals surface area contributed by atoms with Crippen LogP contribution in [0.2, 0.25) is 0 Å². The Morgan fingerprint density at radius 1 is 1.00 bits per heavy atom. The number of nitrogens with one attached hydrogen (secondary N) is 3. The lowest BCUT2D eigenvalue weighted by molar-refractivity contribution is -0.118. The maximum Gasteiger partial charge on any atom is 0.408 e. The molecular weight excluding hydrogens is 541 g/mol. The Labute approximate surface area is 212 Å². The molecule has 7 heteroatoms. The van der Waals surface area contributed by atoms with Gasteiger partial charge >= 0.3 is 6.09 Å². The van der Waals surface area contributed by atoms with E-state index in [1.807, 2.05) is 86.8 Å². The number of ether oxygens (including phenoxy) is 1. The summed E-state index contributed by atoms with van der Waals surface area (Å²) in [5, 5.41) is 6.81. The van der Waals surface area contributed by atoms with Crippen molar-refractivity contribution in [1.29, 1.82) is 0 Å². The first-order chi connectivity index (χ1) is 16.4. The molecule has 34 heavy (non-hydrogen) atoms. The highest BCUT2D eigenvalue weighted by molar-refractivity contribution is 14.1. The first kappa shape index (κ1) is 23.8. The van der Waals surface area contributed by atoms with E-state index >= 15 is 0 Å². The molecule has 0 aliphatic carbocycles. The molecule has 0 radical (unpaired) electrons. The molecular formula is C27H26IN3O3. The van der Waals surface area contributed by atoms with Gasteiger partial charge in [-0.2, -0.15) is 0 Å². The van der Waals surface area contributed by atoms with Gasteiger partial charge in [0.25, 0.3) is 0 Å². The van der Waals surface area contributed by atoms with Gasteiger partial charge in [0.1, 0.15) is 12.6 Å². The summed E-state index contributed by atoms with van der Waals surface area (Å²) >= 11 is 2.26. The van der Waals surface area contributed by atoms with Crippen LogP contribution in [0.15, 0.2) is 72.9 Å². The zero-order valence-corrected chi connectivity index (χ0v) is 21.2. The van der Waals surface area contributed by atoms with E-state index in [0.29, 0.717) is 6.42 Å². The number of hydrogen-bond acceptors (Lipinski definition) is 3. The molecule has 1 heterocycles. The van der Waals surface area contributed by atoms with Crippen LogP contribution in [0.1, 0.15) is 22.3 Å². The molecule has 0 saturated heterocycles. The van der Waals surface area contributed by atoms with Crippen molar-refractivity contribution in [3.05, 3.63) is 98.8 Å². The molecule has 1 aromatic heterocycles. The number of carbonyl (C=O) groups excluding carboxylic acids is 2. The van der Waals surface area contributed by atoms with Crippen LogP contribution in [-0.2, 0) is 22.6 Å². The van der Waals surface area contributed by atoms with Crippen LogP contribution in [0.4, 0.5) is 10.5 Å². The molecule has 0 aliphatic heterocycles. The number of benzene rings is 3. The lowest BCUT2D eigenvalue weighted by Gasteiger charge is -2.20.